The summed E-state index contributed by atoms with van der Waals surface area (Å²) in [7, 11) is 1.23. The van der Waals surface area contributed by atoms with E-state index >= 15 is 0 Å². The first kappa shape index (κ1) is 18.8. The molecule has 0 atom stereocenters. The minimum atomic E-state index is -0.738. The van der Waals surface area contributed by atoms with Crippen LogP contribution in [-0.4, -0.2) is 24.1 Å². The summed E-state index contributed by atoms with van der Waals surface area (Å²) in [5.74, 6) is -1.46. The Hall–Kier alpha value is -3.50. The zero-order valence-corrected chi connectivity index (χ0v) is 14.4. The average Bonchev–Trinajstić information content (AvgIpc) is 2.64. The van der Waals surface area contributed by atoms with E-state index in [0.717, 1.165) is 6.20 Å². The Kier molecular flexibility index (Phi) is 6.20. The molecule has 2 aromatic carbocycles. The van der Waals surface area contributed by atoms with Crippen molar-refractivity contribution in [2.45, 2.75) is 0 Å². The van der Waals surface area contributed by atoms with Crippen molar-refractivity contribution in [3.8, 4) is 11.8 Å². The number of amides is 1. The molecule has 1 amide bonds. The molecule has 2 rings (SSSR count). The number of para-hydroxylation sites is 1. The van der Waals surface area contributed by atoms with Crippen LogP contribution in [0, 0.1) is 11.3 Å². The van der Waals surface area contributed by atoms with E-state index in [1.54, 1.807) is 18.2 Å². The van der Waals surface area contributed by atoms with Gasteiger partial charge in [-0.25, -0.2) is 4.79 Å². The number of carbonyl (C=O) groups is 2. The number of phenolic OH excluding ortho intramolecular Hbond substituents is 1. The number of hydrogen-bond acceptors (Lipinski definition) is 6. The van der Waals surface area contributed by atoms with Gasteiger partial charge in [-0.05, 0) is 30.3 Å². The Balaban J connectivity index is 2.21. The molecule has 0 heterocycles. The van der Waals surface area contributed by atoms with E-state index in [-0.39, 0.29) is 28.3 Å². The molecule has 0 aliphatic heterocycles. The van der Waals surface area contributed by atoms with E-state index in [4.69, 9.17) is 11.6 Å². The van der Waals surface area contributed by atoms with Crippen molar-refractivity contribution < 1.29 is 19.4 Å². The maximum absolute atomic E-state index is 12.3. The number of benzene rings is 2. The highest BCUT2D eigenvalue weighted by Crippen LogP contribution is 2.26. The fraction of sp³-hybridized carbons (Fsp3) is 0.0556. The fourth-order valence-electron chi connectivity index (χ4n) is 1.99. The molecule has 0 unspecified atom stereocenters. The molecule has 2 aromatic rings. The number of nitrogens with zero attached hydrogens (tertiary/aromatic N) is 1. The van der Waals surface area contributed by atoms with Gasteiger partial charge in [0.25, 0.3) is 5.91 Å². The van der Waals surface area contributed by atoms with Gasteiger partial charge in [0.05, 0.1) is 24.0 Å². The minimum Gasteiger partial charge on any atom is -0.506 e. The van der Waals surface area contributed by atoms with Crippen LogP contribution >= 0.6 is 11.6 Å². The molecule has 0 aliphatic rings. The van der Waals surface area contributed by atoms with Crippen LogP contribution in [0.1, 0.15) is 10.4 Å². The highest BCUT2D eigenvalue weighted by atomic mass is 35.5. The first-order valence-corrected chi connectivity index (χ1v) is 7.68. The smallest absolute Gasteiger partial charge is 0.339 e. The molecular weight excluding hydrogens is 358 g/mol. The van der Waals surface area contributed by atoms with E-state index < -0.39 is 11.9 Å². The third-order valence-corrected chi connectivity index (χ3v) is 3.51. The van der Waals surface area contributed by atoms with Crippen molar-refractivity contribution in [2.75, 3.05) is 17.7 Å². The molecule has 7 nitrogen and oxygen atoms in total. The number of halogens is 1. The van der Waals surface area contributed by atoms with Crippen LogP contribution < -0.4 is 10.6 Å². The van der Waals surface area contributed by atoms with Crippen LogP contribution in [0.5, 0.6) is 5.75 Å². The molecule has 8 heteroatoms. The molecule has 26 heavy (non-hydrogen) atoms. The molecule has 0 fully saturated rings. The second-order valence-electron chi connectivity index (χ2n) is 4.97. The number of anilines is 2. The zero-order valence-electron chi connectivity index (χ0n) is 13.6. The first-order valence-electron chi connectivity index (χ1n) is 7.30. The Labute approximate surface area is 154 Å². The van der Waals surface area contributed by atoms with Crippen molar-refractivity contribution in [3.63, 3.8) is 0 Å². The van der Waals surface area contributed by atoms with Crippen molar-refractivity contribution in [3.05, 3.63) is 64.8 Å². The van der Waals surface area contributed by atoms with E-state index in [1.807, 2.05) is 0 Å². The zero-order chi connectivity index (χ0) is 19.1. The van der Waals surface area contributed by atoms with Crippen molar-refractivity contribution in [1.29, 1.82) is 5.26 Å². The lowest BCUT2D eigenvalue weighted by molar-refractivity contribution is -0.112. The van der Waals surface area contributed by atoms with Crippen LogP contribution in [0.3, 0.4) is 0 Å². The predicted molar refractivity (Wildman–Crippen MR) is 96.8 cm³/mol. The van der Waals surface area contributed by atoms with Gasteiger partial charge in [-0.1, -0.05) is 23.7 Å². The van der Waals surface area contributed by atoms with E-state index in [9.17, 15) is 20.0 Å². The Morgan fingerprint density at radius 1 is 1.23 bits per heavy atom. The van der Waals surface area contributed by atoms with Gasteiger partial charge in [-0.2, -0.15) is 5.26 Å². The third-order valence-electron chi connectivity index (χ3n) is 3.28. The molecular formula is C18H14ClN3O4. The normalized spacial score (nSPS) is 10.6. The number of rotatable bonds is 5. The summed E-state index contributed by atoms with van der Waals surface area (Å²) in [6.45, 7) is 0. The predicted octanol–water partition coefficient (Wildman–Crippen LogP) is 3.29. The van der Waals surface area contributed by atoms with Gasteiger partial charge in [0.15, 0.2) is 0 Å². The number of nitrogens with one attached hydrogen (secondary N) is 2. The minimum absolute atomic E-state index is 0.0978. The molecule has 0 saturated heterocycles. The molecule has 0 aromatic heterocycles. The second-order valence-corrected chi connectivity index (χ2v) is 5.40. The molecule has 3 N–H and O–H groups in total. The monoisotopic (exact) mass is 371 g/mol. The molecule has 0 saturated carbocycles. The lowest BCUT2D eigenvalue weighted by Gasteiger charge is -2.09. The summed E-state index contributed by atoms with van der Waals surface area (Å²) in [5.41, 5.74) is 0.314. The topological polar surface area (TPSA) is 111 Å². The molecule has 0 aliphatic carbocycles. The number of esters is 1. The lowest BCUT2D eigenvalue weighted by atomic mass is 10.1. The largest absolute Gasteiger partial charge is 0.506 e. The van der Waals surface area contributed by atoms with Gasteiger partial charge >= 0.3 is 5.97 Å². The van der Waals surface area contributed by atoms with Gasteiger partial charge < -0.3 is 20.5 Å². The maximum Gasteiger partial charge on any atom is 0.339 e. The molecule has 132 valence electrons. The highest BCUT2D eigenvalue weighted by Gasteiger charge is 2.16. The van der Waals surface area contributed by atoms with E-state index in [0.29, 0.717) is 5.02 Å². The summed E-state index contributed by atoms with van der Waals surface area (Å²) >= 11 is 5.84. The highest BCUT2D eigenvalue weighted by molar-refractivity contribution is 6.30. The third kappa shape index (κ3) is 4.53. The molecule has 0 bridgehead atoms. The summed E-state index contributed by atoms with van der Waals surface area (Å²) < 4.78 is 4.65. The SMILES string of the molecule is COC(=O)c1ccccc1NC(=O)/C(C#N)=C\Nc1cc(Cl)ccc1O. The molecule has 0 spiro atoms. The average molecular weight is 372 g/mol. The summed E-state index contributed by atoms with van der Waals surface area (Å²) in [6.07, 6.45) is 1.13. The number of aromatic hydroxyl groups is 1. The molecule has 0 radical (unpaired) electrons. The summed E-state index contributed by atoms with van der Waals surface area (Å²) in [5, 5.41) is 24.4. The van der Waals surface area contributed by atoms with Gasteiger partial charge in [0.2, 0.25) is 0 Å². The van der Waals surface area contributed by atoms with Crippen molar-refractivity contribution in [2.24, 2.45) is 0 Å². The van der Waals surface area contributed by atoms with Gasteiger partial charge in [0.1, 0.15) is 17.4 Å². The van der Waals surface area contributed by atoms with E-state index in [2.05, 4.69) is 15.4 Å². The quantitative estimate of drug-likeness (QED) is 0.322. The Morgan fingerprint density at radius 3 is 2.65 bits per heavy atom. The van der Waals surface area contributed by atoms with Crippen molar-refractivity contribution >= 4 is 34.9 Å². The first-order chi connectivity index (χ1) is 12.5. The van der Waals surface area contributed by atoms with Crippen LogP contribution in [0.4, 0.5) is 11.4 Å². The number of hydrogen-bond donors (Lipinski definition) is 3. The standard InChI is InChI=1S/C18H14ClN3O4/c1-26-18(25)13-4-2-3-5-14(13)22-17(24)11(9-20)10-21-15-8-12(19)6-7-16(15)23/h2-8,10,21,23H,1H3,(H,22,24)/b11-10-. The van der Waals surface area contributed by atoms with Crippen molar-refractivity contribution in [1.82, 2.24) is 0 Å². The number of ether oxygens (including phenoxy) is 1. The fourth-order valence-corrected chi connectivity index (χ4v) is 2.16. The van der Waals surface area contributed by atoms with Gasteiger partial charge in [-0.3, -0.25) is 4.79 Å². The van der Waals surface area contributed by atoms with Crippen LogP contribution in [0.15, 0.2) is 54.2 Å². The second kappa shape index (κ2) is 8.55. The maximum atomic E-state index is 12.3. The lowest BCUT2D eigenvalue weighted by Crippen LogP contribution is -2.17. The van der Waals surface area contributed by atoms with Gasteiger partial charge in [-0.15, -0.1) is 0 Å². The van der Waals surface area contributed by atoms with Crippen LogP contribution in [0.2, 0.25) is 5.02 Å². The number of nitriles is 1. The number of phenols is 1. The Morgan fingerprint density at radius 2 is 1.96 bits per heavy atom. The van der Waals surface area contributed by atoms with Crippen LogP contribution in [-0.2, 0) is 9.53 Å². The number of carbonyl (C=O) groups excluding carboxylic acids is 2. The van der Waals surface area contributed by atoms with Gasteiger partial charge in [0, 0.05) is 11.2 Å². The Bertz CT molecular complexity index is 919. The summed E-state index contributed by atoms with van der Waals surface area (Å²) in [4.78, 5) is 24.0. The summed E-state index contributed by atoms with van der Waals surface area (Å²) in [6, 6.07) is 12.3. The van der Waals surface area contributed by atoms with E-state index in [1.165, 1.54) is 37.4 Å². The number of methoxy groups -OCH3 is 1. The van der Waals surface area contributed by atoms with Crippen LogP contribution in [0.25, 0.3) is 0 Å².